The second kappa shape index (κ2) is 4.25. The molecule has 2 rings (SSSR count). The SMILES string of the molecule is O=S(=O)(Oc1cc2sncc2cc1Cl)C(F)(F)F. The van der Waals surface area contributed by atoms with Crippen LogP contribution in [0.25, 0.3) is 10.1 Å². The van der Waals surface area contributed by atoms with Gasteiger partial charge in [0.1, 0.15) is 0 Å². The summed E-state index contributed by atoms with van der Waals surface area (Å²) >= 11 is 6.62. The van der Waals surface area contributed by atoms with Gasteiger partial charge in [-0.05, 0) is 17.6 Å². The van der Waals surface area contributed by atoms with Crippen LogP contribution in [0.3, 0.4) is 0 Å². The highest BCUT2D eigenvalue weighted by Gasteiger charge is 2.48. The zero-order valence-electron chi connectivity index (χ0n) is 8.23. The summed E-state index contributed by atoms with van der Waals surface area (Å²) in [4.78, 5) is 0. The largest absolute Gasteiger partial charge is 0.534 e. The summed E-state index contributed by atoms with van der Waals surface area (Å²) in [7, 11) is -5.73. The maximum atomic E-state index is 12.1. The average Bonchev–Trinajstić information content (AvgIpc) is 2.63. The number of fused-ring (bicyclic) bond motifs is 1. The molecule has 0 saturated carbocycles. The van der Waals surface area contributed by atoms with E-state index in [9.17, 15) is 21.6 Å². The smallest absolute Gasteiger partial charge is 0.374 e. The average molecular weight is 318 g/mol. The molecule has 0 radical (unpaired) electrons. The van der Waals surface area contributed by atoms with Crippen LogP contribution in [0.15, 0.2) is 18.3 Å². The normalized spacial score (nSPS) is 12.9. The zero-order chi connectivity index (χ0) is 13.6. The van der Waals surface area contributed by atoms with Crippen molar-refractivity contribution in [2.45, 2.75) is 5.51 Å². The lowest BCUT2D eigenvalue weighted by molar-refractivity contribution is -0.0499. The van der Waals surface area contributed by atoms with Gasteiger partial charge in [-0.1, -0.05) is 11.6 Å². The molecule has 0 aliphatic rings. The van der Waals surface area contributed by atoms with E-state index in [1.54, 1.807) is 0 Å². The second-order valence-electron chi connectivity index (χ2n) is 3.13. The Hall–Kier alpha value is -1.06. The van der Waals surface area contributed by atoms with Crippen LogP contribution in [0.5, 0.6) is 5.75 Å². The molecule has 2 aromatic rings. The minimum Gasteiger partial charge on any atom is -0.374 e. The van der Waals surface area contributed by atoms with Gasteiger partial charge < -0.3 is 4.18 Å². The zero-order valence-corrected chi connectivity index (χ0v) is 10.6. The highest BCUT2D eigenvalue weighted by Crippen LogP contribution is 2.35. The molecule has 0 amide bonds. The van der Waals surface area contributed by atoms with Crippen molar-refractivity contribution >= 4 is 43.3 Å². The molecule has 0 aliphatic carbocycles. The number of hydrogen-bond acceptors (Lipinski definition) is 5. The van der Waals surface area contributed by atoms with Crippen LogP contribution < -0.4 is 4.18 Å². The molecular formula is C8H3ClF3NO3S2. The van der Waals surface area contributed by atoms with Crippen molar-refractivity contribution in [1.29, 1.82) is 0 Å². The summed E-state index contributed by atoms with van der Waals surface area (Å²) in [6.45, 7) is 0. The van der Waals surface area contributed by atoms with E-state index >= 15 is 0 Å². The number of aromatic nitrogens is 1. The lowest BCUT2D eigenvalue weighted by Crippen LogP contribution is -2.28. The van der Waals surface area contributed by atoms with Crippen molar-refractivity contribution in [2.75, 3.05) is 0 Å². The first-order valence-corrected chi connectivity index (χ1v) is 6.81. The molecule has 1 heterocycles. The fourth-order valence-corrected chi connectivity index (χ4v) is 2.48. The topological polar surface area (TPSA) is 56.3 Å². The standard InChI is InChI=1S/C8H3ClF3NO3S2/c9-5-1-4-3-13-17-7(4)2-6(5)16-18(14,15)8(10,11)12/h1-3H. The molecule has 0 N–H and O–H groups in total. The van der Waals surface area contributed by atoms with E-state index in [2.05, 4.69) is 8.56 Å². The van der Waals surface area contributed by atoms with E-state index in [1.165, 1.54) is 12.3 Å². The van der Waals surface area contributed by atoms with Crippen molar-refractivity contribution in [3.8, 4) is 5.75 Å². The molecule has 10 heteroatoms. The highest BCUT2D eigenvalue weighted by atomic mass is 35.5. The third kappa shape index (κ3) is 2.38. The molecule has 18 heavy (non-hydrogen) atoms. The minimum atomic E-state index is -5.73. The van der Waals surface area contributed by atoms with Crippen molar-refractivity contribution in [2.24, 2.45) is 0 Å². The van der Waals surface area contributed by atoms with Crippen LogP contribution in [0.2, 0.25) is 5.02 Å². The molecule has 98 valence electrons. The maximum Gasteiger partial charge on any atom is 0.534 e. The van der Waals surface area contributed by atoms with Gasteiger partial charge in [0.15, 0.2) is 5.75 Å². The third-order valence-electron chi connectivity index (χ3n) is 1.89. The second-order valence-corrected chi connectivity index (χ2v) is 5.91. The Kier molecular flexibility index (Phi) is 3.16. The summed E-state index contributed by atoms with van der Waals surface area (Å²) in [6, 6.07) is 2.38. The Morgan fingerprint density at radius 3 is 2.61 bits per heavy atom. The first-order valence-electron chi connectivity index (χ1n) is 4.25. The van der Waals surface area contributed by atoms with Crippen LogP contribution in [-0.2, 0) is 10.1 Å². The van der Waals surface area contributed by atoms with E-state index in [0.29, 0.717) is 10.1 Å². The van der Waals surface area contributed by atoms with Crippen LogP contribution in [0, 0.1) is 0 Å². The molecule has 0 bridgehead atoms. The van der Waals surface area contributed by atoms with Gasteiger partial charge in [0.05, 0.1) is 9.72 Å². The van der Waals surface area contributed by atoms with E-state index in [-0.39, 0.29) is 5.02 Å². The number of hydrogen-bond donors (Lipinski definition) is 0. The van der Waals surface area contributed by atoms with Crippen LogP contribution in [0.4, 0.5) is 13.2 Å². The molecule has 0 spiro atoms. The summed E-state index contributed by atoms with van der Waals surface area (Å²) < 4.78 is 66.3. The van der Waals surface area contributed by atoms with Crippen molar-refractivity contribution in [3.05, 3.63) is 23.4 Å². The lowest BCUT2D eigenvalue weighted by Gasteiger charge is -2.10. The van der Waals surface area contributed by atoms with Gasteiger partial charge in [-0.15, -0.1) is 0 Å². The molecule has 0 atom stereocenters. The summed E-state index contributed by atoms with van der Waals surface area (Å²) in [5, 5.41) is 0.345. The first-order chi connectivity index (χ1) is 8.21. The molecule has 0 aliphatic heterocycles. The van der Waals surface area contributed by atoms with Gasteiger partial charge in [0, 0.05) is 17.6 Å². The number of benzene rings is 1. The summed E-state index contributed by atoms with van der Waals surface area (Å²) in [6.07, 6.45) is 1.45. The van der Waals surface area contributed by atoms with Gasteiger partial charge >= 0.3 is 15.6 Å². The number of halogens is 4. The van der Waals surface area contributed by atoms with E-state index in [0.717, 1.165) is 17.6 Å². The number of rotatable bonds is 2. The summed E-state index contributed by atoms with van der Waals surface area (Å²) in [5.74, 6) is -0.578. The molecule has 0 unspecified atom stereocenters. The number of nitrogens with zero attached hydrogens (tertiary/aromatic N) is 1. The van der Waals surface area contributed by atoms with Crippen molar-refractivity contribution < 1.29 is 25.8 Å². The fourth-order valence-electron chi connectivity index (χ4n) is 1.10. The van der Waals surface area contributed by atoms with Gasteiger partial charge in [0.25, 0.3) is 0 Å². The van der Waals surface area contributed by atoms with Gasteiger partial charge in [-0.2, -0.15) is 26.0 Å². The Labute approximate surface area is 108 Å². The Bertz CT molecular complexity index is 695. The van der Waals surface area contributed by atoms with Crippen LogP contribution >= 0.6 is 23.1 Å². The van der Waals surface area contributed by atoms with Gasteiger partial charge in [-0.25, -0.2) is 0 Å². The predicted octanol–water partition coefficient (Wildman–Crippen LogP) is 3.18. The first kappa shape index (κ1) is 13.4. The van der Waals surface area contributed by atoms with E-state index < -0.39 is 21.4 Å². The maximum absolute atomic E-state index is 12.1. The predicted molar refractivity (Wildman–Crippen MR) is 60.2 cm³/mol. The molecule has 4 nitrogen and oxygen atoms in total. The molecular weight excluding hydrogens is 315 g/mol. The molecule has 1 aromatic heterocycles. The van der Waals surface area contributed by atoms with E-state index in [1.807, 2.05) is 0 Å². The minimum absolute atomic E-state index is 0.240. The van der Waals surface area contributed by atoms with Gasteiger partial charge in [-0.3, -0.25) is 0 Å². The fraction of sp³-hybridized carbons (Fsp3) is 0.125. The monoisotopic (exact) mass is 317 g/mol. The van der Waals surface area contributed by atoms with Crippen LogP contribution in [-0.4, -0.2) is 18.3 Å². The Balaban J connectivity index is 2.46. The van der Waals surface area contributed by atoms with Crippen molar-refractivity contribution in [1.82, 2.24) is 4.37 Å². The highest BCUT2D eigenvalue weighted by molar-refractivity contribution is 7.88. The Morgan fingerprint density at radius 1 is 1.33 bits per heavy atom. The van der Waals surface area contributed by atoms with E-state index in [4.69, 9.17) is 11.6 Å². The number of alkyl halides is 3. The Morgan fingerprint density at radius 2 is 2.00 bits per heavy atom. The van der Waals surface area contributed by atoms with Crippen LogP contribution in [0.1, 0.15) is 0 Å². The quantitative estimate of drug-likeness (QED) is 0.630. The molecule has 1 aromatic carbocycles. The molecule has 0 fully saturated rings. The molecule has 0 saturated heterocycles. The summed E-state index contributed by atoms with van der Waals surface area (Å²) in [5.41, 5.74) is -5.50. The lowest BCUT2D eigenvalue weighted by atomic mass is 10.3. The van der Waals surface area contributed by atoms with Crippen molar-refractivity contribution in [3.63, 3.8) is 0 Å². The third-order valence-corrected chi connectivity index (χ3v) is 3.91. The van der Waals surface area contributed by atoms with Gasteiger partial charge in [0.2, 0.25) is 0 Å².